The van der Waals surface area contributed by atoms with Gasteiger partial charge in [-0.15, -0.1) is 0 Å². The van der Waals surface area contributed by atoms with Gasteiger partial charge in [0.25, 0.3) is 0 Å². The first-order valence-electron chi connectivity index (χ1n) is 6.77. The molecular formula is C15H19O6. The number of carbonyl (C=O) groups is 5. The lowest BCUT2D eigenvalue weighted by molar-refractivity contribution is -0.134. The average Bonchev–Trinajstić information content (AvgIpc) is 2.36. The van der Waals surface area contributed by atoms with Crippen LogP contribution in [-0.2, 0) is 28.8 Å². The predicted octanol–water partition coefficient (Wildman–Crippen LogP) is 0.938. The largest absolute Gasteiger partial charge is 0.300 e. The Morgan fingerprint density at radius 2 is 1.38 bits per heavy atom. The summed E-state index contributed by atoms with van der Waals surface area (Å²) >= 11 is 0. The van der Waals surface area contributed by atoms with Crippen molar-refractivity contribution in [1.29, 1.82) is 0 Å². The molecular weight excluding hydrogens is 276 g/mol. The summed E-state index contributed by atoms with van der Waals surface area (Å²) in [6, 6.07) is 0. The molecule has 1 atom stereocenters. The van der Waals surface area contributed by atoms with Gasteiger partial charge in [0.05, 0.1) is 12.8 Å². The van der Waals surface area contributed by atoms with Crippen LogP contribution in [0.3, 0.4) is 0 Å². The van der Waals surface area contributed by atoms with Gasteiger partial charge in [0, 0.05) is 19.3 Å². The molecule has 0 spiro atoms. The molecule has 0 saturated carbocycles. The minimum Gasteiger partial charge on any atom is -0.300 e. The lowest BCUT2D eigenvalue weighted by Gasteiger charge is -2.06. The van der Waals surface area contributed by atoms with Gasteiger partial charge in [-0.25, -0.2) is 0 Å². The first-order valence-corrected chi connectivity index (χ1v) is 6.77. The molecule has 0 rings (SSSR count). The van der Waals surface area contributed by atoms with E-state index in [1.165, 1.54) is 13.2 Å². The number of ketones is 5. The Bertz CT molecular complexity index is 449. The molecule has 6 heteroatoms. The Labute approximate surface area is 123 Å². The van der Waals surface area contributed by atoms with Crippen LogP contribution >= 0.6 is 0 Å². The molecule has 0 heterocycles. The van der Waals surface area contributed by atoms with E-state index in [0.717, 1.165) is 0 Å². The Morgan fingerprint density at radius 3 is 1.81 bits per heavy atom. The van der Waals surface area contributed by atoms with Gasteiger partial charge in [0.1, 0.15) is 23.3 Å². The van der Waals surface area contributed by atoms with Crippen molar-refractivity contribution in [2.45, 2.75) is 52.4 Å². The van der Waals surface area contributed by atoms with Crippen molar-refractivity contribution in [2.24, 2.45) is 5.92 Å². The molecule has 0 saturated heterocycles. The number of Topliss-reactive ketones (excluding diaryl/α,β-unsaturated/α-hetero) is 5. The molecule has 6 nitrogen and oxygen atoms in total. The predicted molar refractivity (Wildman–Crippen MR) is 73.3 cm³/mol. The summed E-state index contributed by atoms with van der Waals surface area (Å²) in [5, 5.41) is 0. The van der Waals surface area contributed by atoms with Gasteiger partial charge in [0.15, 0.2) is 11.6 Å². The van der Waals surface area contributed by atoms with Crippen LogP contribution in [0.15, 0.2) is 0 Å². The van der Waals surface area contributed by atoms with Crippen molar-refractivity contribution >= 4 is 35.2 Å². The minimum atomic E-state index is -1.51. The summed E-state index contributed by atoms with van der Waals surface area (Å²) in [6.07, 6.45) is 0.850. The van der Waals surface area contributed by atoms with Crippen molar-refractivity contribution in [1.82, 2.24) is 0 Å². The first kappa shape index (κ1) is 19.0. The van der Waals surface area contributed by atoms with Crippen LogP contribution in [0.4, 0.5) is 0 Å². The molecule has 0 aliphatic rings. The van der Waals surface area contributed by atoms with Crippen molar-refractivity contribution in [2.75, 3.05) is 0 Å². The van der Waals surface area contributed by atoms with Gasteiger partial charge in [-0.2, -0.15) is 0 Å². The Hall–Kier alpha value is -1.98. The van der Waals surface area contributed by atoms with E-state index >= 15 is 0 Å². The zero-order chi connectivity index (χ0) is 16.4. The number of hydrogen-bond donors (Lipinski definition) is 0. The van der Waals surface area contributed by atoms with E-state index in [-0.39, 0.29) is 37.2 Å². The Morgan fingerprint density at radius 1 is 0.857 bits per heavy atom. The Balaban J connectivity index is 4.33. The summed E-state index contributed by atoms with van der Waals surface area (Å²) in [4.78, 5) is 67.3. The van der Waals surface area contributed by atoms with Crippen molar-refractivity contribution in [3.05, 3.63) is 0 Å². The number of rotatable bonds is 12. The minimum absolute atomic E-state index is 0.0803. The fourth-order valence-corrected chi connectivity index (χ4v) is 1.73. The van der Waals surface area contributed by atoms with Crippen LogP contribution < -0.4 is 0 Å². The van der Waals surface area contributed by atoms with Gasteiger partial charge in [-0.3, -0.25) is 28.8 Å². The summed E-state index contributed by atoms with van der Waals surface area (Å²) in [7, 11) is 0. The molecule has 0 aromatic heterocycles. The molecule has 0 aromatic carbocycles. The van der Waals surface area contributed by atoms with E-state index in [2.05, 4.69) is 0 Å². The molecule has 1 radical (unpaired) electrons. The maximum absolute atomic E-state index is 11.7. The summed E-state index contributed by atoms with van der Waals surface area (Å²) in [6.45, 7) is 3.00. The topological polar surface area (TPSA) is 102 Å². The highest BCUT2D eigenvalue weighted by molar-refractivity contribution is 6.17. The third-order valence-electron chi connectivity index (χ3n) is 2.76. The van der Waals surface area contributed by atoms with E-state index in [9.17, 15) is 28.8 Å². The molecule has 0 aromatic rings. The smallest absolute Gasteiger partial charge is 0.217 e. The van der Waals surface area contributed by atoms with Crippen molar-refractivity contribution in [3.8, 4) is 0 Å². The first-order chi connectivity index (χ1) is 9.81. The molecule has 0 bridgehead atoms. The highest BCUT2D eigenvalue weighted by atomic mass is 16.2. The lowest BCUT2D eigenvalue weighted by atomic mass is 9.93. The van der Waals surface area contributed by atoms with Crippen molar-refractivity contribution in [3.63, 3.8) is 0 Å². The van der Waals surface area contributed by atoms with Crippen molar-refractivity contribution < 1.29 is 28.8 Å². The highest BCUT2D eigenvalue weighted by Crippen LogP contribution is 2.08. The zero-order valence-corrected chi connectivity index (χ0v) is 12.3. The molecule has 0 N–H and O–H groups in total. The van der Waals surface area contributed by atoms with Crippen LogP contribution in [0.25, 0.3) is 0 Å². The summed E-state index contributed by atoms with van der Waals surface area (Å²) in [5.74, 6) is -4.03. The van der Waals surface area contributed by atoms with Crippen LogP contribution in [0.1, 0.15) is 52.4 Å². The van der Waals surface area contributed by atoms with Crippen LogP contribution in [-0.4, -0.2) is 35.2 Å². The third-order valence-corrected chi connectivity index (χ3v) is 2.76. The second kappa shape index (κ2) is 9.85. The standard InChI is InChI=1S/C15H19O6/c1-3-4-14(20)13(9-16)15(21)8-12(19)6-5-11(18)7-10(2)17/h13H,3-8H2,1-2H3. The molecule has 0 aliphatic heterocycles. The molecule has 21 heavy (non-hydrogen) atoms. The van der Waals surface area contributed by atoms with E-state index in [1.54, 1.807) is 6.92 Å². The molecule has 115 valence electrons. The highest BCUT2D eigenvalue weighted by Gasteiger charge is 2.27. The summed E-state index contributed by atoms with van der Waals surface area (Å²) < 4.78 is 0. The molecule has 0 amide bonds. The van der Waals surface area contributed by atoms with Gasteiger partial charge in [-0.1, -0.05) is 6.92 Å². The van der Waals surface area contributed by atoms with Crippen LogP contribution in [0, 0.1) is 5.92 Å². The van der Waals surface area contributed by atoms with Gasteiger partial charge in [-0.05, 0) is 13.3 Å². The quantitative estimate of drug-likeness (QED) is 0.496. The fraction of sp³-hybridized carbons (Fsp3) is 0.600. The summed E-state index contributed by atoms with van der Waals surface area (Å²) in [5.41, 5.74) is 0. The molecule has 1 unspecified atom stereocenters. The molecule has 0 aliphatic carbocycles. The molecule has 0 fully saturated rings. The van der Waals surface area contributed by atoms with Crippen LogP contribution in [0.2, 0.25) is 0 Å². The van der Waals surface area contributed by atoms with E-state index in [0.29, 0.717) is 6.42 Å². The fourth-order valence-electron chi connectivity index (χ4n) is 1.73. The van der Waals surface area contributed by atoms with E-state index in [4.69, 9.17) is 0 Å². The van der Waals surface area contributed by atoms with E-state index in [1.807, 2.05) is 0 Å². The second-order valence-electron chi connectivity index (χ2n) is 4.87. The Kier molecular flexibility index (Phi) is 8.92. The second-order valence-corrected chi connectivity index (χ2v) is 4.87. The zero-order valence-electron chi connectivity index (χ0n) is 12.3. The number of carbonyl (C=O) groups excluding carboxylic acids is 6. The maximum Gasteiger partial charge on any atom is 0.217 e. The monoisotopic (exact) mass is 295 g/mol. The maximum atomic E-state index is 11.7. The lowest BCUT2D eigenvalue weighted by Crippen LogP contribution is -2.27. The van der Waals surface area contributed by atoms with E-state index < -0.39 is 29.7 Å². The van der Waals surface area contributed by atoms with Gasteiger partial charge in [0.2, 0.25) is 6.29 Å². The SMILES string of the molecule is CCCC(=O)C([C]=O)C(=O)CC(=O)CCC(=O)CC(C)=O. The third kappa shape index (κ3) is 8.02. The average molecular weight is 295 g/mol. The van der Waals surface area contributed by atoms with Gasteiger partial charge < -0.3 is 0 Å². The van der Waals surface area contributed by atoms with Crippen LogP contribution in [0.5, 0.6) is 0 Å². The van der Waals surface area contributed by atoms with Gasteiger partial charge >= 0.3 is 0 Å². The normalized spacial score (nSPS) is 11.5. The number of hydrogen-bond acceptors (Lipinski definition) is 6.